The molecular formula is C28H20N6OS2. The van der Waals surface area contributed by atoms with E-state index in [9.17, 15) is 4.79 Å². The Morgan fingerprint density at radius 1 is 0.919 bits per heavy atom. The van der Waals surface area contributed by atoms with Crippen LogP contribution in [0.5, 0.6) is 0 Å². The highest BCUT2D eigenvalue weighted by Crippen LogP contribution is 2.24. The van der Waals surface area contributed by atoms with Gasteiger partial charge < -0.3 is 0 Å². The number of aryl methyl sites for hydroxylation is 1. The van der Waals surface area contributed by atoms with Gasteiger partial charge in [-0.1, -0.05) is 77.6 Å². The maximum atomic E-state index is 13.3. The molecule has 0 N–H and O–H groups in total. The van der Waals surface area contributed by atoms with Crippen molar-refractivity contribution in [2.75, 3.05) is 0 Å². The maximum Gasteiger partial charge on any atom is 0.293 e. The van der Waals surface area contributed by atoms with Crippen LogP contribution in [0.2, 0.25) is 0 Å². The van der Waals surface area contributed by atoms with Crippen LogP contribution < -0.4 is 5.56 Å². The summed E-state index contributed by atoms with van der Waals surface area (Å²) >= 11 is 6.78. The van der Waals surface area contributed by atoms with Gasteiger partial charge in [0.1, 0.15) is 16.7 Å². The van der Waals surface area contributed by atoms with Crippen LogP contribution in [0.25, 0.3) is 33.0 Å². The van der Waals surface area contributed by atoms with E-state index in [0.29, 0.717) is 14.3 Å². The first-order valence-corrected chi connectivity index (χ1v) is 12.8. The van der Waals surface area contributed by atoms with E-state index in [-0.39, 0.29) is 5.56 Å². The van der Waals surface area contributed by atoms with Gasteiger partial charge in [-0.25, -0.2) is 9.67 Å². The molecule has 9 heteroatoms. The van der Waals surface area contributed by atoms with Crippen LogP contribution in [0.15, 0.2) is 107 Å². The molecule has 0 saturated heterocycles. The molecule has 3 heterocycles. The van der Waals surface area contributed by atoms with E-state index in [1.165, 1.54) is 22.3 Å². The summed E-state index contributed by atoms with van der Waals surface area (Å²) in [5.41, 5.74) is 5.70. The summed E-state index contributed by atoms with van der Waals surface area (Å²) in [5, 5.41) is 9.30. The van der Waals surface area contributed by atoms with Gasteiger partial charge >= 0.3 is 0 Å². The third-order valence-corrected chi connectivity index (χ3v) is 7.25. The van der Waals surface area contributed by atoms with E-state index >= 15 is 0 Å². The number of para-hydroxylation sites is 2. The minimum absolute atomic E-state index is 0.278. The van der Waals surface area contributed by atoms with E-state index < -0.39 is 0 Å². The third-order valence-electron chi connectivity index (χ3n) is 5.90. The molecule has 0 fully saturated rings. The molecule has 180 valence electrons. The Bertz CT molecular complexity index is 1860. The molecule has 0 bridgehead atoms. The second kappa shape index (κ2) is 9.53. The Morgan fingerprint density at radius 3 is 2.30 bits per heavy atom. The predicted molar refractivity (Wildman–Crippen MR) is 151 cm³/mol. The van der Waals surface area contributed by atoms with Crippen molar-refractivity contribution in [3.05, 3.63) is 123 Å². The largest absolute Gasteiger partial charge is 0.293 e. The van der Waals surface area contributed by atoms with Crippen molar-refractivity contribution in [2.24, 2.45) is 5.10 Å². The number of benzene rings is 3. The van der Waals surface area contributed by atoms with Crippen LogP contribution in [0.3, 0.4) is 0 Å². The zero-order valence-electron chi connectivity index (χ0n) is 19.7. The Balaban J connectivity index is 1.44. The Hall–Kier alpha value is -4.47. The molecular weight excluding hydrogens is 500 g/mol. The number of rotatable bonds is 5. The highest BCUT2D eigenvalue weighted by molar-refractivity contribution is 7.73. The minimum atomic E-state index is -0.278. The SMILES string of the molecule is Cc1ccc(-c2nn(-c3ccccc3)cc2/C=N/n2cnc3c(sc(=S)n3-c3ccccc3)c2=O)cc1. The second-order valence-corrected chi connectivity index (χ2v) is 10.1. The van der Waals surface area contributed by atoms with Gasteiger partial charge in [-0.05, 0) is 43.4 Å². The number of hydrogen-bond donors (Lipinski definition) is 0. The number of fused-ring (bicyclic) bond motifs is 1. The lowest BCUT2D eigenvalue weighted by atomic mass is 10.1. The smallest absolute Gasteiger partial charge is 0.275 e. The van der Waals surface area contributed by atoms with Gasteiger partial charge in [0.25, 0.3) is 5.56 Å². The van der Waals surface area contributed by atoms with Crippen LogP contribution in [0.1, 0.15) is 11.1 Å². The van der Waals surface area contributed by atoms with Crippen molar-refractivity contribution in [1.82, 2.24) is 24.0 Å². The van der Waals surface area contributed by atoms with E-state index in [4.69, 9.17) is 17.3 Å². The number of aromatic nitrogens is 5. The molecule has 0 spiro atoms. The number of thiazole rings is 1. The normalized spacial score (nSPS) is 11.5. The fourth-order valence-corrected chi connectivity index (χ4v) is 5.35. The fourth-order valence-electron chi connectivity index (χ4n) is 4.03. The van der Waals surface area contributed by atoms with Crippen molar-refractivity contribution < 1.29 is 0 Å². The average molecular weight is 521 g/mol. The molecule has 0 aliphatic heterocycles. The lowest BCUT2D eigenvalue weighted by Crippen LogP contribution is -2.16. The van der Waals surface area contributed by atoms with Gasteiger partial charge in [0.15, 0.2) is 9.60 Å². The minimum Gasteiger partial charge on any atom is -0.275 e. The number of nitrogens with zero attached hydrogens (tertiary/aromatic N) is 6. The predicted octanol–water partition coefficient (Wildman–Crippen LogP) is 6.02. The molecule has 0 aliphatic carbocycles. The van der Waals surface area contributed by atoms with E-state index in [1.807, 2.05) is 107 Å². The topological polar surface area (TPSA) is 70.0 Å². The van der Waals surface area contributed by atoms with Crippen molar-refractivity contribution in [3.63, 3.8) is 0 Å². The molecule has 7 nitrogen and oxygen atoms in total. The van der Waals surface area contributed by atoms with Crippen molar-refractivity contribution in [3.8, 4) is 22.6 Å². The first-order chi connectivity index (χ1) is 18.1. The summed E-state index contributed by atoms with van der Waals surface area (Å²) in [5.74, 6) is 0. The summed E-state index contributed by atoms with van der Waals surface area (Å²) in [6.07, 6.45) is 4.97. The molecule has 3 aromatic carbocycles. The molecule has 6 aromatic rings. The van der Waals surface area contributed by atoms with Crippen LogP contribution >= 0.6 is 23.6 Å². The van der Waals surface area contributed by atoms with Crippen LogP contribution in [0, 0.1) is 10.9 Å². The monoisotopic (exact) mass is 520 g/mol. The number of hydrogen-bond acceptors (Lipinski definition) is 6. The lowest BCUT2D eigenvalue weighted by Gasteiger charge is -2.04. The van der Waals surface area contributed by atoms with Gasteiger partial charge in [-0.15, -0.1) is 0 Å². The first-order valence-electron chi connectivity index (χ1n) is 11.5. The van der Waals surface area contributed by atoms with Gasteiger partial charge in [0.2, 0.25) is 0 Å². The summed E-state index contributed by atoms with van der Waals surface area (Å²) in [7, 11) is 0. The van der Waals surface area contributed by atoms with Gasteiger partial charge in [0.05, 0.1) is 11.9 Å². The molecule has 0 atom stereocenters. The Kier molecular flexibility index (Phi) is 5.91. The molecule has 3 aromatic heterocycles. The van der Waals surface area contributed by atoms with Crippen LogP contribution in [-0.4, -0.2) is 30.2 Å². The molecule has 0 saturated carbocycles. The summed E-state index contributed by atoms with van der Waals surface area (Å²) in [4.78, 5) is 17.8. The Morgan fingerprint density at radius 2 is 1.59 bits per heavy atom. The van der Waals surface area contributed by atoms with Crippen molar-refractivity contribution in [2.45, 2.75) is 6.92 Å². The average Bonchev–Trinajstić information content (AvgIpc) is 3.51. The maximum absolute atomic E-state index is 13.3. The fraction of sp³-hybridized carbons (Fsp3) is 0.0357. The second-order valence-electron chi connectivity index (χ2n) is 8.41. The lowest BCUT2D eigenvalue weighted by molar-refractivity contribution is 0.814. The zero-order chi connectivity index (χ0) is 25.4. The van der Waals surface area contributed by atoms with Gasteiger partial charge in [0, 0.05) is 23.0 Å². The molecule has 37 heavy (non-hydrogen) atoms. The molecule has 6 rings (SSSR count). The summed E-state index contributed by atoms with van der Waals surface area (Å²) in [6, 6.07) is 27.7. The van der Waals surface area contributed by atoms with E-state index in [2.05, 4.69) is 10.1 Å². The molecule has 0 radical (unpaired) electrons. The zero-order valence-corrected chi connectivity index (χ0v) is 21.4. The van der Waals surface area contributed by atoms with Gasteiger partial charge in [-0.3, -0.25) is 9.36 Å². The van der Waals surface area contributed by atoms with Crippen molar-refractivity contribution in [1.29, 1.82) is 0 Å². The standard InChI is InChI=1S/C28H20N6OS2/c1-19-12-14-20(15-13-19)24-21(17-32(31-24)22-8-4-2-5-9-22)16-30-33-18-29-26-25(27(33)35)37-28(36)34(26)23-10-6-3-7-11-23/h2-18H,1H3/b30-16+. The highest BCUT2D eigenvalue weighted by Gasteiger charge is 2.14. The first kappa shape index (κ1) is 23.0. The van der Waals surface area contributed by atoms with Crippen LogP contribution in [0.4, 0.5) is 0 Å². The molecule has 0 aliphatic rings. The third kappa shape index (κ3) is 4.35. The molecule has 0 amide bonds. The Labute approximate surface area is 221 Å². The van der Waals surface area contributed by atoms with Crippen LogP contribution in [-0.2, 0) is 0 Å². The highest BCUT2D eigenvalue weighted by atomic mass is 32.1. The van der Waals surface area contributed by atoms with Gasteiger partial charge in [-0.2, -0.15) is 14.9 Å². The van der Waals surface area contributed by atoms with E-state index in [0.717, 1.165) is 33.8 Å². The quantitative estimate of drug-likeness (QED) is 0.206. The summed E-state index contributed by atoms with van der Waals surface area (Å²) < 4.78 is 5.86. The van der Waals surface area contributed by atoms with Crippen molar-refractivity contribution >= 4 is 40.1 Å². The summed E-state index contributed by atoms with van der Waals surface area (Å²) in [6.45, 7) is 2.05. The molecule has 0 unspecified atom stereocenters. The van der Waals surface area contributed by atoms with E-state index in [1.54, 1.807) is 6.21 Å².